The van der Waals surface area contributed by atoms with Crippen LogP contribution in [0.2, 0.25) is 0 Å². The van der Waals surface area contributed by atoms with Crippen molar-refractivity contribution in [1.82, 2.24) is 4.90 Å². The highest BCUT2D eigenvalue weighted by molar-refractivity contribution is 5.68. The van der Waals surface area contributed by atoms with Crippen LogP contribution < -0.4 is 0 Å². The van der Waals surface area contributed by atoms with Gasteiger partial charge in [0.2, 0.25) is 0 Å². The first-order valence-electron chi connectivity index (χ1n) is 5.41. The summed E-state index contributed by atoms with van der Waals surface area (Å²) in [5, 5.41) is 3.52. The zero-order chi connectivity index (χ0) is 12.2. The van der Waals surface area contributed by atoms with Crippen molar-refractivity contribution in [2.75, 3.05) is 19.6 Å². The summed E-state index contributed by atoms with van der Waals surface area (Å²) < 4.78 is 5.26. The number of carbonyl (C=O) groups is 1. The fourth-order valence-electron chi connectivity index (χ4n) is 1.63. The number of ether oxygens (including phenoxy) is 1. The van der Waals surface area contributed by atoms with Crippen molar-refractivity contribution in [3.63, 3.8) is 0 Å². The number of hydrogen-bond donors (Lipinski definition) is 0. The Morgan fingerprint density at radius 2 is 2.31 bits per heavy atom. The molecule has 1 saturated heterocycles. The average Bonchev–Trinajstić information content (AvgIpc) is 2.60. The molecule has 1 fully saturated rings. The fraction of sp³-hybridized carbons (Fsp3) is 0.900. The Labute approximate surface area is 95.2 Å². The second kappa shape index (κ2) is 5.07. The average molecular weight is 226 g/mol. The molecule has 0 aromatic rings. The van der Waals surface area contributed by atoms with Gasteiger partial charge in [-0.1, -0.05) is 5.11 Å². The summed E-state index contributed by atoms with van der Waals surface area (Å²) >= 11 is 0. The van der Waals surface area contributed by atoms with Gasteiger partial charge in [0, 0.05) is 24.5 Å². The second-order valence-electron chi connectivity index (χ2n) is 4.99. The Morgan fingerprint density at radius 3 is 2.88 bits per heavy atom. The van der Waals surface area contributed by atoms with Crippen LogP contribution in [0.4, 0.5) is 4.79 Å². The monoisotopic (exact) mass is 226 g/mol. The van der Waals surface area contributed by atoms with Crippen molar-refractivity contribution in [2.24, 2.45) is 11.0 Å². The molecule has 1 amide bonds. The molecule has 6 heteroatoms. The van der Waals surface area contributed by atoms with Crippen LogP contribution in [0.15, 0.2) is 5.11 Å². The minimum absolute atomic E-state index is 0.267. The highest BCUT2D eigenvalue weighted by Crippen LogP contribution is 2.19. The third-order valence-corrected chi connectivity index (χ3v) is 2.34. The van der Waals surface area contributed by atoms with Gasteiger partial charge in [0.25, 0.3) is 0 Å². The Balaban J connectivity index is 2.40. The lowest BCUT2D eigenvalue weighted by molar-refractivity contribution is 0.0289. The van der Waals surface area contributed by atoms with Gasteiger partial charge in [-0.2, -0.15) is 0 Å². The van der Waals surface area contributed by atoms with E-state index in [0.29, 0.717) is 19.6 Å². The Bertz CT molecular complexity index is 304. The van der Waals surface area contributed by atoms with Crippen molar-refractivity contribution in [1.29, 1.82) is 0 Å². The van der Waals surface area contributed by atoms with Gasteiger partial charge in [-0.15, -0.1) is 0 Å². The van der Waals surface area contributed by atoms with Crippen LogP contribution in [-0.4, -0.2) is 36.2 Å². The smallest absolute Gasteiger partial charge is 0.410 e. The van der Waals surface area contributed by atoms with E-state index in [2.05, 4.69) is 10.0 Å². The number of carbonyl (C=O) groups excluding carboxylic acids is 1. The molecule has 1 rings (SSSR count). The first-order valence-corrected chi connectivity index (χ1v) is 5.41. The maximum atomic E-state index is 11.7. The maximum absolute atomic E-state index is 11.7. The molecule has 0 aromatic carbocycles. The largest absolute Gasteiger partial charge is 0.444 e. The fourth-order valence-corrected chi connectivity index (χ4v) is 1.63. The summed E-state index contributed by atoms with van der Waals surface area (Å²) in [5.74, 6) is 0.267. The van der Waals surface area contributed by atoms with E-state index < -0.39 is 5.60 Å². The third kappa shape index (κ3) is 3.98. The van der Waals surface area contributed by atoms with Crippen LogP contribution in [0.5, 0.6) is 0 Å². The maximum Gasteiger partial charge on any atom is 0.410 e. The zero-order valence-electron chi connectivity index (χ0n) is 10.0. The van der Waals surface area contributed by atoms with Gasteiger partial charge in [0.05, 0.1) is 0 Å². The minimum atomic E-state index is -0.458. The van der Waals surface area contributed by atoms with E-state index in [9.17, 15) is 4.79 Å². The van der Waals surface area contributed by atoms with Crippen molar-refractivity contribution in [2.45, 2.75) is 32.8 Å². The van der Waals surface area contributed by atoms with E-state index in [-0.39, 0.29) is 12.0 Å². The van der Waals surface area contributed by atoms with E-state index in [1.807, 2.05) is 20.8 Å². The van der Waals surface area contributed by atoms with Gasteiger partial charge >= 0.3 is 6.09 Å². The zero-order valence-corrected chi connectivity index (χ0v) is 10.0. The molecule has 1 atom stereocenters. The number of nitrogens with zero attached hydrogens (tertiary/aromatic N) is 4. The van der Waals surface area contributed by atoms with Gasteiger partial charge in [0.15, 0.2) is 0 Å². The summed E-state index contributed by atoms with van der Waals surface area (Å²) in [6.07, 6.45) is 0.592. The molecule has 16 heavy (non-hydrogen) atoms. The van der Waals surface area contributed by atoms with Crippen molar-refractivity contribution < 1.29 is 9.53 Å². The molecule has 0 aliphatic carbocycles. The second-order valence-corrected chi connectivity index (χ2v) is 4.99. The van der Waals surface area contributed by atoms with Gasteiger partial charge in [-0.25, -0.2) is 4.79 Å². The van der Waals surface area contributed by atoms with Gasteiger partial charge in [-0.05, 0) is 38.6 Å². The molecule has 1 heterocycles. The minimum Gasteiger partial charge on any atom is -0.444 e. The molecule has 0 unspecified atom stereocenters. The molecular weight excluding hydrogens is 208 g/mol. The summed E-state index contributed by atoms with van der Waals surface area (Å²) in [4.78, 5) is 16.1. The normalized spacial score (nSPS) is 20.4. The number of rotatable bonds is 2. The molecule has 0 aromatic heterocycles. The Kier molecular flexibility index (Phi) is 4.01. The van der Waals surface area contributed by atoms with E-state index in [1.165, 1.54) is 0 Å². The highest BCUT2D eigenvalue weighted by Gasteiger charge is 2.29. The molecule has 0 N–H and O–H groups in total. The van der Waals surface area contributed by atoms with Crippen LogP contribution in [0.1, 0.15) is 27.2 Å². The SMILES string of the molecule is CC(C)(C)OC(=O)N1CC[C@H](CN=[N+]=[N-])C1. The molecule has 0 spiro atoms. The van der Waals surface area contributed by atoms with Crippen molar-refractivity contribution >= 4 is 6.09 Å². The molecule has 1 aliphatic rings. The van der Waals surface area contributed by atoms with Crippen LogP contribution in [0, 0.1) is 5.92 Å². The van der Waals surface area contributed by atoms with E-state index in [1.54, 1.807) is 4.90 Å². The van der Waals surface area contributed by atoms with Crippen molar-refractivity contribution in [3.05, 3.63) is 10.4 Å². The van der Waals surface area contributed by atoms with Crippen LogP contribution in [-0.2, 0) is 4.74 Å². The molecule has 0 saturated carbocycles. The summed E-state index contributed by atoms with van der Waals surface area (Å²) in [6.45, 7) is 7.29. The number of likely N-dealkylation sites (tertiary alicyclic amines) is 1. The highest BCUT2D eigenvalue weighted by atomic mass is 16.6. The molecule has 0 bridgehead atoms. The van der Waals surface area contributed by atoms with E-state index in [4.69, 9.17) is 10.3 Å². The van der Waals surface area contributed by atoms with Crippen molar-refractivity contribution in [3.8, 4) is 0 Å². The quantitative estimate of drug-likeness (QED) is 0.412. The van der Waals surface area contributed by atoms with Crippen LogP contribution in [0.25, 0.3) is 10.4 Å². The molecular formula is C10H18N4O2. The summed E-state index contributed by atoms with van der Waals surface area (Å²) in [6, 6.07) is 0. The Hall–Kier alpha value is -1.42. The lowest BCUT2D eigenvalue weighted by Gasteiger charge is -2.24. The summed E-state index contributed by atoms with van der Waals surface area (Å²) in [5.41, 5.74) is 7.75. The predicted molar refractivity (Wildman–Crippen MR) is 59.9 cm³/mol. The standard InChI is InChI=1S/C10H18N4O2/c1-10(2,3)16-9(15)14-5-4-8(7-14)6-12-13-11/h8H,4-7H2,1-3H3/t8-/m1/s1. The Morgan fingerprint density at radius 1 is 1.62 bits per heavy atom. The van der Waals surface area contributed by atoms with E-state index in [0.717, 1.165) is 6.42 Å². The van der Waals surface area contributed by atoms with E-state index >= 15 is 0 Å². The third-order valence-electron chi connectivity index (χ3n) is 2.34. The predicted octanol–water partition coefficient (Wildman–Crippen LogP) is 2.55. The first-order chi connectivity index (χ1) is 7.42. The molecule has 90 valence electrons. The van der Waals surface area contributed by atoms with Crippen LogP contribution in [0.3, 0.4) is 0 Å². The lowest BCUT2D eigenvalue weighted by atomic mass is 10.1. The van der Waals surface area contributed by atoms with Crippen LogP contribution >= 0.6 is 0 Å². The van der Waals surface area contributed by atoms with Gasteiger partial charge in [0.1, 0.15) is 5.60 Å². The lowest BCUT2D eigenvalue weighted by Crippen LogP contribution is -2.35. The number of amides is 1. The number of hydrogen-bond acceptors (Lipinski definition) is 3. The number of azide groups is 1. The van der Waals surface area contributed by atoms with Gasteiger partial charge < -0.3 is 9.64 Å². The summed E-state index contributed by atoms with van der Waals surface area (Å²) in [7, 11) is 0. The molecule has 6 nitrogen and oxygen atoms in total. The first kappa shape index (κ1) is 12.6. The van der Waals surface area contributed by atoms with Gasteiger partial charge in [-0.3, -0.25) is 0 Å². The molecule has 1 aliphatic heterocycles. The topological polar surface area (TPSA) is 78.3 Å². The molecule has 0 radical (unpaired) electrons.